The van der Waals surface area contributed by atoms with Crippen LogP contribution in [0.4, 0.5) is 5.69 Å². The van der Waals surface area contributed by atoms with Crippen LogP contribution in [0.1, 0.15) is 25.8 Å². The fraction of sp³-hybridized carbons (Fsp3) is 0.391. The Morgan fingerprint density at radius 3 is 2.30 bits per heavy atom. The molecule has 0 heterocycles. The van der Waals surface area contributed by atoms with Crippen LogP contribution in [0.25, 0.3) is 0 Å². The van der Waals surface area contributed by atoms with Gasteiger partial charge in [-0.1, -0.05) is 60.5 Å². The van der Waals surface area contributed by atoms with Gasteiger partial charge in [0.2, 0.25) is 21.8 Å². The van der Waals surface area contributed by atoms with Crippen LogP contribution in [0.5, 0.6) is 0 Å². The van der Waals surface area contributed by atoms with Crippen LogP contribution in [0, 0.1) is 0 Å². The highest BCUT2D eigenvalue weighted by molar-refractivity contribution is 7.92. The number of anilines is 1. The van der Waals surface area contributed by atoms with Crippen molar-refractivity contribution in [2.24, 2.45) is 0 Å². The minimum atomic E-state index is -3.82. The lowest BCUT2D eigenvalue weighted by Gasteiger charge is -2.31. The van der Waals surface area contributed by atoms with E-state index in [0.717, 1.165) is 22.5 Å². The molecule has 0 radical (unpaired) electrons. The maximum absolute atomic E-state index is 13.3. The molecule has 0 spiro atoms. The van der Waals surface area contributed by atoms with Crippen molar-refractivity contribution in [3.63, 3.8) is 0 Å². The second kappa shape index (κ2) is 12.3. The Morgan fingerprint density at radius 1 is 1.06 bits per heavy atom. The Hall–Kier alpha value is -2.29. The summed E-state index contributed by atoms with van der Waals surface area (Å²) in [6.07, 6.45) is 2.29. The zero-order valence-electron chi connectivity index (χ0n) is 18.9. The fourth-order valence-electron chi connectivity index (χ4n) is 3.22. The maximum atomic E-state index is 13.3. The highest BCUT2D eigenvalue weighted by atomic mass is 35.5. The summed E-state index contributed by atoms with van der Waals surface area (Å²) in [6.45, 7) is 3.84. The summed E-state index contributed by atoms with van der Waals surface area (Å²) in [5.41, 5.74) is 1.22. The lowest BCUT2D eigenvalue weighted by Crippen LogP contribution is -2.52. The van der Waals surface area contributed by atoms with Gasteiger partial charge in [0.05, 0.1) is 22.0 Å². The number of hydrogen-bond acceptors (Lipinski definition) is 4. The van der Waals surface area contributed by atoms with Gasteiger partial charge in [-0.05, 0) is 43.5 Å². The Labute approximate surface area is 205 Å². The summed E-state index contributed by atoms with van der Waals surface area (Å²) in [7, 11) is -3.82. The van der Waals surface area contributed by atoms with E-state index < -0.39 is 28.5 Å². The molecule has 0 bridgehead atoms. The largest absolute Gasteiger partial charge is 0.354 e. The second-order valence-electron chi connectivity index (χ2n) is 7.66. The van der Waals surface area contributed by atoms with Gasteiger partial charge in [-0.15, -0.1) is 0 Å². The van der Waals surface area contributed by atoms with E-state index >= 15 is 0 Å². The van der Waals surface area contributed by atoms with Crippen LogP contribution in [0.3, 0.4) is 0 Å². The highest BCUT2D eigenvalue weighted by Crippen LogP contribution is 2.28. The molecule has 0 aliphatic heterocycles. The molecule has 33 heavy (non-hydrogen) atoms. The molecule has 2 aromatic rings. The molecule has 2 aromatic carbocycles. The summed E-state index contributed by atoms with van der Waals surface area (Å²) in [6, 6.07) is 13.1. The standard InChI is InChI=1S/C23H29Cl2N3O4S/c1-4-13-26-23(30)17(2)27(14-12-18-8-6-5-7-9-18)22(29)16-28(33(3,31)32)19-10-11-20(24)21(25)15-19/h5-11,15,17H,4,12-14,16H2,1-3H3,(H,26,30)/t17-/m1/s1. The minimum absolute atomic E-state index is 0.170. The first kappa shape index (κ1) is 27.0. The predicted octanol–water partition coefficient (Wildman–Crippen LogP) is 3.75. The van der Waals surface area contributed by atoms with Crippen molar-refractivity contribution >= 4 is 50.7 Å². The first-order chi connectivity index (χ1) is 15.5. The van der Waals surface area contributed by atoms with Gasteiger partial charge < -0.3 is 10.2 Å². The third-order valence-corrected chi connectivity index (χ3v) is 6.95. The third-order valence-electron chi connectivity index (χ3n) is 5.07. The summed E-state index contributed by atoms with van der Waals surface area (Å²) >= 11 is 12.0. The van der Waals surface area contributed by atoms with Gasteiger partial charge in [0.1, 0.15) is 12.6 Å². The molecule has 180 valence electrons. The number of sulfonamides is 1. The third kappa shape index (κ3) is 7.91. The van der Waals surface area contributed by atoms with Crippen LogP contribution in [-0.2, 0) is 26.0 Å². The van der Waals surface area contributed by atoms with E-state index in [4.69, 9.17) is 23.2 Å². The summed E-state index contributed by atoms with van der Waals surface area (Å²) < 4.78 is 26.0. The number of rotatable bonds is 11. The zero-order valence-corrected chi connectivity index (χ0v) is 21.3. The lowest BCUT2D eigenvalue weighted by atomic mass is 10.1. The number of halogens is 2. The molecule has 0 unspecified atom stereocenters. The van der Waals surface area contributed by atoms with Crippen molar-refractivity contribution in [3.05, 3.63) is 64.1 Å². The Kier molecular flexibility index (Phi) is 10.0. The molecule has 7 nitrogen and oxygen atoms in total. The van der Waals surface area contributed by atoms with E-state index in [1.54, 1.807) is 6.92 Å². The van der Waals surface area contributed by atoms with Gasteiger partial charge in [0, 0.05) is 13.1 Å². The van der Waals surface area contributed by atoms with E-state index in [-0.39, 0.29) is 28.2 Å². The quantitative estimate of drug-likeness (QED) is 0.495. The van der Waals surface area contributed by atoms with Gasteiger partial charge in [-0.25, -0.2) is 8.42 Å². The molecular formula is C23H29Cl2N3O4S. The fourth-order valence-corrected chi connectivity index (χ4v) is 4.35. The highest BCUT2D eigenvalue weighted by Gasteiger charge is 2.29. The minimum Gasteiger partial charge on any atom is -0.354 e. The SMILES string of the molecule is CCCNC(=O)[C@@H](C)N(CCc1ccccc1)C(=O)CN(c1ccc(Cl)c(Cl)c1)S(C)(=O)=O. The van der Waals surface area contributed by atoms with Crippen LogP contribution in [0.2, 0.25) is 10.0 Å². The van der Waals surface area contributed by atoms with Crippen LogP contribution >= 0.6 is 23.2 Å². The monoisotopic (exact) mass is 513 g/mol. The van der Waals surface area contributed by atoms with E-state index in [9.17, 15) is 18.0 Å². The van der Waals surface area contributed by atoms with Crippen molar-refractivity contribution in [2.75, 3.05) is 30.2 Å². The first-order valence-corrected chi connectivity index (χ1v) is 13.2. The van der Waals surface area contributed by atoms with Crippen LogP contribution < -0.4 is 9.62 Å². The molecule has 0 fully saturated rings. The summed E-state index contributed by atoms with van der Waals surface area (Å²) in [4.78, 5) is 27.4. The van der Waals surface area contributed by atoms with Crippen molar-refractivity contribution in [1.29, 1.82) is 0 Å². The van der Waals surface area contributed by atoms with E-state index in [1.807, 2.05) is 37.3 Å². The molecule has 2 rings (SSSR count). The summed E-state index contributed by atoms with van der Waals surface area (Å²) in [5.74, 6) is -0.791. The topological polar surface area (TPSA) is 86.8 Å². The van der Waals surface area contributed by atoms with Gasteiger partial charge in [-0.2, -0.15) is 0 Å². The number of carbonyl (C=O) groups is 2. The van der Waals surface area contributed by atoms with Crippen LogP contribution in [0.15, 0.2) is 48.5 Å². The maximum Gasteiger partial charge on any atom is 0.244 e. The van der Waals surface area contributed by atoms with Gasteiger partial charge in [0.25, 0.3) is 0 Å². The second-order valence-corrected chi connectivity index (χ2v) is 10.4. The zero-order chi connectivity index (χ0) is 24.6. The van der Waals surface area contributed by atoms with Crippen LogP contribution in [-0.4, -0.2) is 57.1 Å². The number of hydrogen-bond donors (Lipinski definition) is 1. The average Bonchev–Trinajstić information content (AvgIpc) is 2.77. The van der Waals surface area contributed by atoms with Gasteiger partial charge in [0.15, 0.2) is 0 Å². The molecule has 0 saturated carbocycles. The number of carbonyl (C=O) groups excluding carboxylic acids is 2. The summed E-state index contributed by atoms with van der Waals surface area (Å²) in [5, 5.41) is 3.24. The number of amides is 2. The van der Waals surface area contributed by atoms with E-state index in [2.05, 4.69) is 5.32 Å². The average molecular weight is 514 g/mol. The number of benzene rings is 2. The van der Waals surface area contributed by atoms with Gasteiger partial charge in [-0.3, -0.25) is 13.9 Å². The van der Waals surface area contributed by atoms with Gasteiger partial charge >= 0.3 is 0 Å². The molecule has 0 saturated heterocycles. The Balaban J connectivity index is 2.31. The van der Waals surface area contributed by atoms with E-state index in [1.165, 1.54) is 23.1 Å². The predicted molar refractivity (Wildman–Crippen MR) is 133 cm³/mol. The molecule has 10 heteroatoms. The molecule has 0 aliphatic rings. The normalized spacial score (nSPS) is 12.2. The Morgan fingerprint density at radius 2 is 1.73 bits per heavy atom. The smallest absolute Gasteiger partial charge is 0.244 e. The first-order valence-electron chi connectivity index (χ1n) is 10.6. The van der Waals surface area contributed by atoms with E-state index in [0.29, 0.717) is 13.0 Å². The number of nitrogens with zero attached hydrogens (tertiary/aromatic N) is 2. The van der Waals surface area contributed by atoms with Crippen molar-refractivity contribution in [3.8, 4) is 0 Å². The molecule has 0 aromatic heterocycles. The molecular weight excluding hydrogens is 485 g/mol. The lowest BCUT2D eigenvalue weighted by molar-refractivity contribution is -0.138. The number of nitrogens with one attached hydrogen (secondary N) is 1. The molecule has 1 N–H and O–H groups in total. The van der Waals surface area contributed by atoms with Crippen molar-refractivity contribution < 1.29 is 18.0 Å². The van der Waals surface area contributed by atoms with Crippen molar-refractivity contribution in [1.82, 2.24) is 10.2 Å². The molecule has 0 aliphatic carbocycles. The molecule has 2 amide bonds. The Bertz CT molecular complexity index is 1060. The molecule has 1 atom stereocenters. The van der Waals surface area contributed by atoms with Crippen molar-refractivity contribution in [2.45, 2.75) is 32.7 Å².